The zero-order chi connectivity index (χ0) is 21.8. The Hall–Kier alpha value is -2.82. The van der Waals surface area contributed by atoms with Crippen molar-refractivity contribution in [3.8, 4) is 0 Å². The number of cyclic esters (lactones) is 1. The standard InChI is InChI=1S/C20H20F2N4O4S/c21-16-7-14(8-17(22)19(16)13-3-5-31(28,29)6-4-13)26-10-15(30-20(26)27)9-25-11-18(23-24-25)12-1-2-12/h3,7-8,11-12,15H,1-2,4-6,9-10H2. The number of halogens is 2. The van der Waals surface area contributed by atoms with Crippen molar-refractivity contribution in [3.05, 3.63) is 47.3 Å². The number of carbonyl (C=O) groups excluding carboxylic acids is 1. The highest BCUT2D eigenvalue weighted by atomic mass is 32.2. The second kappa shape index (κ2) is 7.40. The Morgan fingerprint density at radius 2 is 1.94 bits per heavy atom. The van der Waals surface area contributed by atoms with Gasteiger partial charge in [0.1, 0.15) is 17.7 Å². The third kappa shape index (κ3) is 4.06. The molecular weight excluding hydrogens is 430 g/mol. The average molecular weight is 450 g/mol. The number of carbonyl (C=O) groups is 1. The summed E-state index contributed by atoms with van der Waals surface area (Å²) in [6, 6.07) is 2.15. The van der Waals surface area contributed by atoms with E-state index in [1.165, 1.54) is 11.0 Å². The smallest absolute Gasteiger partial charge is 0.414 e. The molecule has 11 heteroatoms. The molecule has 1 aliphatic carbocycles. The number of nitrogens with zero attached hydrogens (tertiary/aromatic N) is 4. The van der Waals surface area contributed by atoms with E-state index in [1.807, 2.05) is 6.20 Å². The first-order chi connectivity index (χ1) is 14.8. The number of benzene rings is 1. The maximum atomic E-state index is 14.8. The Balaban J connectivity index is 1.32. The molecule has 2 fully saturated rings. The van der Waals surface area contributed by atoms with Crippen LogP contribution in [0.2, 0.25) is 0 Å². The van der Waals surface area contributed by atoms with Gasteiger partial charge in [-0.15, -0.1) is 5.10 Å². The third-order valence-electron chi connectivity index (χ3n) is 5.74. The number of hydrogen-bond donors (Lipinski definition) is 0. The van der Waals surface area contributed by atoms with Gasteiger partial charge in [-0.25, -0.2) is 26.7 Å². The van der Waals surface area contributed by atoms with Gasteiger partial charge in [-0.1, -0.05) is 11.3 Å². The van der Waals surface area contributed by atoms with E-state index in [-0.39, 0.29) is 35.7 Å². The summed E-state index contributed by atoms with van der Waals surface area (Å²) in [6.45, 7) is 0.420. The van der Waals surface area contributed by atoms with Crippen molar-refractivity contribution in [1.29, 1.82) is 0 Å². The van der Waals surface area contributed by atoms with E-state index < -0.39 is 33.7 Å². The van der Waals surface area contributed by atoms with Crippen LogP contribution in [0.5, 0.6) is 0 Å². The van der Waals surface area contributed by atoms with E-state index in [1.54, 1.807) is 4.68 Å². The fourth-order valence-corrected chi connectivity index (χ4v) is 5.09. The molecule has 3 aliphatic rings. The summed E-state index contributed by atoms with van der Waals surface area (Å²) in [5.41, 5.74) is 1.03. The Kier molecular flexibility index (Phi) is 4.80. The van der Waals surface area contributed by atoms with Gasteiger partial charge in [0.2, 0.25) is 0 Å². The first-order valence-electron chi connectivity index (χ1n) is 10.1. The highest BCUT2D eigenvalue weighted by Gasteiger charge is 2.35. The summed E-state index contributed by atoms with van der Waals surface area (Å²) in [7, 11) is -3.21. The maximum absolute atomic E-state index is 14.8. The Labute approximate surface area is 177 Å². The highest BCUT2D eigenvalue weighted by molar-refractivity contribution is 7.91. The predicted octanol–water partition coefficient (Wildman–Crippen LogP) is 2.66. The number of ether oxygens (including phenoxy) is 1. The van der Waals surface area contributed by atoms with Crippen molar-refractivity contribution in [2.24, 2.45) is 0 Å². The Bertz CT molecular complexity index is 1170. The molecule has 0 radical (unpaired) electrons. The molecule has 2 aliphatic heterocycles. The predicted molar refractivity (Wildman–Crippen MR) is 107 cm³/mol. The molecule has 1 aromatic heterocycles. The van der Waals surface area contributed by atoms with Gasteiger partial charge >= 0.3 is 6.09 Å². The third-order valence-corrected chi connectivity index (χ3v) is 7.24. The molecule has 0 spiro atoms. The van der Waals surface area contributed by atoms with E-state index in [2.05, 4.69) is 10.3 Å². The van der Waals surface area contributed by atoms with Gasteiger partial charge in [-0.2, -0.15) is 0 Å². The quantitative estimate of drug-likeness (QED) is 0.695. The number of aromatic nitrogens is 3. The van der Waals surface area contributed by atoms with E-state index in [0.717, 1.165) is 30.7 Å². The van der Waals surface area contributed by atoms with E-state index >= 15 is 0 Å². The zero-order valence-electron chi connectivity index (χ0n) is 16.5. The van der Waals surface area contributed by atoms with Crippen LogP contribution in [0.25, 0.3) is 5.57 Å². The minimum Gasteiger partial charge on any atom is -0.442 e. The Morgan fingerprint density at radius 3 is 2.58 bits per heavy atom. The summed E-state index contributed by atoms with van der Waals surface area (Å²) in [6.07, 6.45) is 4.20. The normalized spacial score (nSPS) is 23.0. The van der Waals surface area contributed by atoms with Gasteiger partial charge in [0.15, 0.2) is 9.84 Å². The molecule has 1 unspecified atom stereocenters. The van der Waals surface area contributed by atoms with Gasteiger partial charge in [-0.3, -0.25) is 4.90 Å². The Morgan fingerprint density at radius 1 is 1.19 bits per heavy atom. The van der Waals surface area contributed by atoms with Crippen molar-refractivity contribution in [2.75, 3.05) is 23.0 Å². The van der Waals surface area contributed by atoms with Crippen LogP contribution < -0.4 is 4.90 Å². The summed E-state index contributed by atoms with van der Waals surface area (Å²) in [5, 5.41) is 8.17. The topological polar surface area (TPSA) is 94.4 Å². The molecule has 0 N–H and O–H groups in total. The van der Waals surface area contributed by atoms with E-state index in [9.17, 15) is 22.0 Å². The zero-order valence-corrected chi connectivity index (χ0v) is 17.3. The highest BCUT2D eigenvalue weighted by Crippen LogP contribution is 2.38. The molecular formula is C20H20F2N4O4S. The minimum absolute atomic E-state index is 0.0457. The van der Waals surface area contributed by atoms with Crippen molar-refractivity contribution in [1.82, 2.24) is 15.0 Å². The number of anilines is 1. The van der Waals surface area contributed by atoms with E-state index in [4.69, 9.17) is 4.74 Å². The number of sulfone groups is 1. The van der Waals surface area contributed by atoms with Crippen molar-refractivity contribution < 1.29 is 26.7 Å². The second-order valence-electron chi connectivity index (χ2n) is 8.13. The fourth-order valence-electron chi connectivity index (χ4n) is 3.93. The number of amides is 1. The van der Waals surface area contributed by atoms with Gasteiger partial charge < -0.3 is 4.74 Å². The van der Waals surface area contributed by atoms with Crippen LogP contribution in [-0.4, -0.2) is 53.7 Å². The molecule has 164 valence electrons. The van der Waals surface area contributed by atoms with E-state index in [0.29, 0.717) is 18.0 Å². The lowest BCUT2D eigenvalue weighted by Gasteiger charge is -2.18. The molecule has 8 nitrogen and oxygen atoms in total. The lowest BCUT2D eigenvalue weighted by Crippen LogP contribution is -2.26. The molecule has 31 heavy (non-hydrogen) atoms. The average Bonchev–Trinajstić information content (AvgIpc) is 3.34. The molecule has 2 aromatic rings. The summed E-state index contributed by atoms with van der Waals surface area (Å²) >= 11 is 0. The molecule has 5 rings (SSSR count). The first-order valence-corrected chi connectivity index (χ1v) is 11.9. The lowest BCUT2D eigenvalue weighted by molar-refractivity contribution is 0.129. The van der Waals surface area contributed by atoms with Crippen LogP contribution in [0.15, 0.2) is 24.4 Å². The number of allylic oxidation sites excluding steroid dienone is 1. The molecule has 3 heterocycles. The molecule has 1 saturated carbocycles. The van der Waals surface area contributed by atoms with Gasteiger partial charge in [-0.05, 0) is 37.0 Å². The largest absolute Gasteiger partial charge is 0.442 e. The molecule has 0 bridgehead atoms. The maximum Gasteiger partial charge on any atom is 0.414 e. The van der Waals surface area contributed by atoms with Crippen molar-refractivity contribution in [3.63, 3.8) is 0 Å². The van der Waals surface area contributed by atoms with Crippen LogP contribution in [0.3, 0.4) is 0 Å². The summed E-state index contributed by atoms with van der Waals surface area (Å²) in [4.78, 5) is 13.5. The first kappa shape index (κ1) is 20.1. The van der Waals surface area contributed by atoms with Crippen LogP contribution in [0, 0.1) is 11.6 Å². The van der Waals surface area contributed by atoms with Gasteiger partial charge in [0, 0.05) is 17.7 Å². The number of hydrogen-bond acceptors (Lipinski definition) is 6. The van der Waals surface area contributed by atoms with Crippen molar-refractivity contribution in [2.45, 2.75) is 37.8 Å². The summed E-state index contributed by atoms with van der Waals surface area (Å²) in [5.74, 6) is -1.62. The van der Waals surface area contributed by atoms with Crippen molar-refractivity contribution >= 4 is 27.2 Å². The van der Waals surface area contributed by atoms with Crippen LogP contribution in [0.1, 0.15) is 36.4 Å². The number of rotatable bonds is 5. The molecule has 1 aromatic carbocycles. The van der Waals surface area contributed by atoms with Crippen LogP contribution in [-0.2, 0) is 21.1 Å². The monoisotopic (exact) mass is 450 g/mol. The minimum atomic E-state index is -3.21. The second-order valence-corrected chi connectivity index (χ2v) is 10.4. The van der Waals surface area contributed by atoms with Gasteiger partial charge in [0.05, 0.1) is 36.0 Å². The molecule has 1 amide bonds. The summed E-state index contributed by atoms with van der Waals surface area (Å²) < 4.78 is 59.6. The molecule has 1 atom stereocenters. The van der Waals surface area contributed by atoms with Gasteiger partial charge in [0.25, 0.3) is 0 Å². The SMILES string of the molecule is O=C1OC(Cn2cc(C3CC3)nn2)CN1c1cc(F)c(C2=CCS(=O)(=O)CC2)c(F)c1. The van der Waals surface area contributed by atoms with Crippen LogP contribution >= 0.6 is 0 Å². The lowest BCUT2D eigenvalue weighted by atomic mass is 10.0. The molecule has 1 saturated heterocycles. The fraction of sp³-hybridized carbons (Fsp3) is 0.450. The van der Waals surface area contributed by atoms with Crippen LogP contribution in [0.4, 0.5) is 19.3 Å².